The van der Waals surface area contributed by atoms with Crippen molar-refractivity contribution in [3.05, 3.63) is 59.9 Å². The van der Waals surface area contributed by atoms with E-state index in [1.54, 1.807) is 19.1 Å². The molecule has 0 bridgehead atoms. The molecule has 1 atom stereocenters. The summed E-state index contributed by atoms with van der Waals surface area (Å²) in [5.41, 5.74) is 1.05. The Kier molecular flexibility index (Phi) is 7.03. The lowest BCUT2D eigenvalue weighted by atomic mass is 9.78. The Bertz CT molecular complexity index is 1140. The highest BCUT2D eigenvalue weighted by molar-refractivity contribution is 5.80. The third kappa shape index (κ3) is 5.30. The van der Waals surface area contributed by atoms with Crippen molar-refractivity contribution in [2.24, 2.45) is 0 Å². The predicted molar refractivity (Wildman–Crippen MR) is 127 cm³/mol. The highest BCUT2D eigenvalue weighted by Crippen LogP contribution is 2.42. The van der Waals surface area contributed by atoms with Gasteiger partial charge in [0.15, 0.2) is 0 Å². The first-order chi connectivity index (χ1) is 16.2. The van der Waals surface area contributed by atoms with E-state index in [-0.39, 0.29) is 23.5 Å². The smallest absolute Gasteiger partial charge is 0.387 e. The van der Waals surface area contributed by atoms with Gasteiger partial charge in [-0.05, 0) is 63.6 Å². The molecule has 5 nitrogen and oxygen atoms in total. The van der Waals surface area contributed by atoms with Crippen molar-refractivity contribution in [3.8, 4) is 5.75 Å². The Balaban J connectivity index is 1.41. The molecular weight excluding hydrogens is 438 g/mol. The number of rotatable bonds is 11. The van der Waals surface area contributed by atoms with Crippen LogP contribution in [-0.2, 0) is 22.4 Å². The van der Waals surface area contributed by atoms with Gasteiger partial charge in [0.1, 0.15) is 17.4 Å². The topological polar surface area (TPSA) is 64.4 Å². The number of unbranched alkanes of at least 4 members (excludes halogenated alkanes) is 1. The summed E-state index contributed by atoms with van der Waals surface area (Å²) in [6, 6.07) is 14.1. The average molecular weight is 471 g/mol. The fourth-order valence-electron chi connectivity index (χ4n) is 4.94. The molecule has 182 valence electrons. The maximum Gasteiger partial charge on any atom is 0.387 e. The van der Waals surface area contributed by atoms with Crippen LogP contribution < -0.4 is 4.74 Å². The van der Waals surface area contributed by atoms with E-state index in [1.165, 1.54) is 6.07 Å². The minimum atomic E-state index is -2.87. The van der Waals surface area contributed by atoms with Crippen molar-refractivity contribution < 1.29 is 23.4 Å². The monoisotopic (exact) mass is 470 g/mol. The van der Waals surface area contributed by atoms with E-state index < -0.39 is 12.2 Å². The summed E-state index contributed by atoms with van der Waals surface area (Å²) in [5, 5.41) is 10.7. The number of hydrogen-bond donors (Lipinski definition) is 1. The third-order valence-corrected chi connectivity index (χ3v) is 6.93. The van der Waals surface area contributed by atoms with Gasteiger partial charge in [0.25, 0.3) is 0 Å². The summed E-state index contributed by atoms with van der Waals surface area (Å²) in [6.45, 7) is 0.984. The van der Waals surface area contributed by atoms with Gasteiger partial charge in [0.2, 0.25) is 0 Å². The van der Waals surface area contributed by atoms with Gasteiger partial charge in [-0.15, -0.1) is 0 Å². The number of imidazole rings is 1. The van der Waals surface area contributed by atoms with Gasteiger partial charge in [0, 0.05) is 30.9 Å². The average Bonchev–Trinajstić information content (AvgIpc) is 3.13. The first-order valence-electron chi connectivity index (χ1n) is 11.9. The SMILES string of the molecule is CC1(n2c(CCCCC(=O)C[C@@](C)(O)c3ccccc3)nc3ccc(OC(F)F)cc32)CCC1. The van der Waals surface area contributed by atoms with Crippen LogP contribution in [0.1, 0.15) is 70.2 Å². The molecule has 0 saturated heterocycles. The number of hydrogen-bond acceptors (Lipinski definition) is 4. The maximum absolute atomic E-state index is 12.7. The minimum Gasteiger partial charge on any atom is -0.435 e. The Labute approximate surface area is 198 Å². The first-order valence-corrected chi connectivity index (χ1v) is 11.9. The summed E-state index contributed by atoms with van der Waals surface area (Å²) in [7, 11) is 0. The molecule has 1 heterocycles. The number of carbonyl (C=O) groups is 1. The number of aryl methyl sites for hydroxylation is 1. The summed E-state index contributed by atoms with van der Waals surface area (Å²) in [5.74, 6) is 1.08. The number of benzene rings is 2. The molecule has 1 saturated carbocycles. The van der Waals surface area contributed by atoms with Crippen molar-refractivity contribution in [2.45, 2.75) is 83.0 Å². The Morgan fingerprint density at radius 1 is 1.21 bits per heavy atom. The fraction of sp³-hybridized carbons (Fsp3) is 0.481. The number of ketones is 1. The number of fused-ring (bicyclic) bond motifs is 1. The largest absolute Gasteiger partial charge is 0.435 e. The molecular formula is C27H32F2N2O3. The second-order valence-corrected chi connectivity index (χ2v) is 9.81. The number of alkyl halides is 2. The van der Waals surface area contributed by atoms with Crippen LogP contribution in [0.5, 0.6) is 5.75 Å². The predicted octanol–water partition coefficient (Wildman–Crippen LogP) is 6.12. The molecule has 1 N–H and O–H groups in total. The zero-order valence-corrected chi connectivity index (χ0v) is 19.8. The van der Waals surface area contributed by atoms with Crippen molar-refractivity contribution in [1.82, 2.24) is 9.55 Å². The molecule has 34 heavy (non-hydrogen) atoms. The summed E-state index contributed by atoms with van der Waals surface area (Å²) in [6.07, 6.45) is 5.79. The normalized spacial score (nSPS) is 16.9. The van der Waals surface area contributed by atoms with Gasteiger partial charge in [0.05, 0.1) is 16.6 Å². The van der Waals surface area contributed by atoms with Crippen LogP contribution in [-0.4, -0.2) is 27.1 Å². The number of aliphatic hydroxyl groups is 1. The molecule has 1 aromatic heterocycles. The minimum absolute atomic E-state index is 0.0297. The molecule has 7 heteroatoms. The van der Waals surface area contributed by atoms with Crippen LogP contribution >= 0.6 is 0 Å². The number of Topliss-reactive ketones (excluding diaryl/α,β-unsaturated/α-hetero) is 1. The first kappa shape index (κ1) is 24.3. The summed E-state index contributed by atoms with van der Waals surface area (Å²) >= 11 is 0. The van der Waals surface area contributed by atoms with Gasteiger partial charge >= 0.3 is 6.61 Å². The number of aromatic nitrogens is 2. The van der Waals surface area contributed by atoms with Crippen LogP contribution in [0, 0.1) is 0 Å². The lowest BCUT2D eigenvalue weighted by molar-refractivity contribution is -0.123. The van der Waals surface area contributed by atoms with Gasteiger partial charge in [-0.2, -0.15) is 8.78 Å². The van der Waals surface area contributed by atoms with E-state index >= 15 is 0 Å². The summed E-state index contributed by atoms with van der Waals surface area (Å²) in [4.78, 5) is 17.3. The van der Waals surface area contributed by atoms with Gasteiger partial charge in [-0.25, -0.2) is 4.98 Å². The number of carbonyl (C=O) groups excluding carboxylic acids is 1. The Morgan fingerprint density at radius 3 is 2.59 bits per heavy atom. The van der Waals surface area contributed by atoms with Crippen LogP contribution in [0.2, 0.25) is 0 Å². The number of ether oxygens (including phenoxy) is 1. The molecule has 1 aliphatic rings. The molecule has 0 aliphatic heterocycles. The molecule has 1 fully saturated rings. The molecule has 3 aromatic rings. The van der Waals surface area contributed by atoms with Crippen LogP contribution in [0.15, 0.2) is 48.5 Å². The highest BCUT2D eigenvalue weighted by atomic mass is 19.3. The van der Waals surface area contributed by atoms with Gasteiger partial charge < -0.3 is 14.4 Å². The number of halogens is 2. The lowest BCUT2D eigenvalue weighted by Crippen LogP contribution is -2.38. The molecule has 0 amide bonds. The van der Waals surface area contributed by atoms with Crippen molar-refractivity contribution in [1.29, 1.82) is 0 Å². The quantitative estimate of drug-likeness (QED) is 0.343. The van der Waals surface area contributed by atoms with Gasteiger partial charge in [-0.3, -0.25) is 4.79 Å². The molecule has 0 unspecified atom stereocenters. The van der Waals surface area contributed by atoms with Crippen LogP contribution in [0.4, 0.5) is 8.78 Å². The van der Waals surface area contributed by atoms with Crippen molar-refractivity contribution >= 4 is 16.8 Å². The van der Waals surface area contributed by atoms with E-state index in [9.17, 15) is 18.7 Å². The molecule has 1 aliphatic carbocycles. The Hall–Kier alpha value is -2.80. The van der Waals surface area contributed by atoms with E-state index in [2.05, 4.69) is 16.2 Å². The Morgan fingerprint density at radius 2 is 1.94 bits per heavy atom. The molecule has 0 spiro atoms. The van der Waals surface area contributed by atoms with E-state index in [1.807, 2.05) is 30.3 Å². The van der Waals surface area contributed by atoms with Crippen LogP contribution in [0.3, 0.4) is 0 Å². The lowest BCUT2D eigenvalue weighted by Gasteiger charge is -2.41. The van der Waals surface area contributed by atoms with E-state index in [4.69, 9.17) is 4.98 Å². The zero-order valence-electron chi connectivity index (χ0n) is 19.8. The third-order valence-electron chi connectivity index (χ3n) is 6.93. The maximum atomic E-state index is 12.7. The number of nitrogens with zero attached hydrogens (tertiary/aromatic N) is 2. The van der Waals surface area contributed by atoms with E-state index in [0.717, 1.165) is 48.1 Å². The molecule has 0 radical (unpaired) electrons. The fourth-order valence-corrected chi connectivity index (χ4v) is 4.94. The second kappa shape index (κ2) is 9.82. The molecule has 4 rings (SSSR count). The zero-order chi connectivity index (χ0) is 24.3. The highest BCUT2D eigenvalue weighted by Gasteiger charge is 2.36. The van der Waals surface area contributed by atoms with Gasteiger partial charge in [-0.1, -0.05) is 30.3 Å². The van der Waals surface area contributed by atoms with Crippen LogP contribution in [0.25, 0.3) is 11.0 Å². The summed E-state index contributed by atoms with van der Waals surface area (Å²) < 4.78 is 32.2. The second-order valence-electron chi connectivity index (χ2n) is 9.81. The van der Waals surface area contributed by atoms with Crippen molar-refractivity contribution in [3.63, 3.8) is 0 Å². The standard InChI is InChI=1S/C27H32F2N2O3/c1-26(15-8-16-26)31-23-17-21(34-25(28)29)13-14-22(23)30-24(31)12-7-6-11-20(32)18-27(2,33)19-9-4-3-5-10-19/h3-5,9-10,13-14,17,25,33H,6-8,11-12,15-16,18H2,1-2H3/t27-/m1/s1. The molecule has 2 aromatic carbocycles. The van der Waals surface area contributed by atoms with E-state index in [0.29, 0.717) is 19.3 Å². The van der Waals surface area contributed by atoms with Crippen molar-refractivity contribution in [2.75, 3.05) is 0 Å².